The molecule has 0 fully saturated rings. The lowest BCUT2D eigenvalue weighted by Crippen LogP contribution is -2.31. The number of anilines is 1. The summed E-state index contributed by atoms with van der Waals surface area (Å²) < 4.78 is 57.5. The molecule has 0 aliphatic carbocycles. The van der Waals surface area contributed by atoms with Crippen molar-refractivity contribution in [3.05, 3.63) is 33.4 Å². The van der Waals surface area contributed by atoms with Gasteiger partial charge in [-0.2, -0.15) is 8.78 Å². The van der Waals surface area contributed by atoms with E-state index in [9.17, 15) is 32.5 Å². The van der Waals surface area contributed by atoms with Crippen LogP contribution >= 0.6 is 0 Å². The van der Waals surface area contributed by atoms with Crippen molar-refractivity contribution in [2.24, 2.45) is 0 Å². The zero-order chi connectivity index (χ0) is 15.4. The number of nitro groups is 1. The van der Waals surface area contributed by atoms with Crippen LogP contribution in [0, 0.1) is 33.4 Å². The molecule has 11 heteroatoms. The molecule has 110 valence electrons. The quantitative estimate of drug-likeness (QED) is 0.384. The second-order valence-corrected chi connectivity index (χ2v) is 3.21. The van der Waals surface area contributed by atoms with Crippen molar-refractivity contribution >= 4 is 17.5 Å². The van der Waals surface area contributed by atoms with Gasteiger partial charge in [-0.1, -0.05) is 0 Å². The normalized spacial score (nSPS) is 10.1. The number of hydrogen-bond donors (Lipinski definition) is 2. The highest BCUT2D eigenvalue weighted by atomic mass is 19.2. The molecule has 0 saturated heterocycles. The third-order valence-electron chi connectivity index (χ3n) is 1.99. The lowest BCUT2D eigenvalue weighted by atomic mass is 10.2. The number of nitrogens with one attached hydrogen (secondary N) is 2. The number of nitro benzene ring substituents is 1. The molecular formula is C9H7F4N3O4. The summed E-state index contributed by atoms with van der Waals surface area (Å²) in [5, 5.41) is 10.3. The van der Waals surface area contributed by atoms with Crippen LogP contribution < -0.4 is 10.9 Å². The Morgan fingerprint density at radius 3 is 2.10 bits per heavy atom. The van der Waals surface area contributed by atoms with E-state index in [0.29, 0.717) is 0 Å². The van der Waals surface area contributed by atoms with Crippen molar-refractivity contribution < 1.29 is 32.0 Å². The number of rotatable bonds is 4. The molecule has 1 amide bonds. The second kappa shape index (κ2) is 6.04. The molecule has 2 N–H and O–H groups in total. The van der Waals surface area contributed by atoms with Crippen molar-refractivity contribution in [1.29, 1.82) is 0 Å². The van der Waals surface area contributed by atoms with Crippen molar-refractivity contribution in [2.45, 2.75) is 6.92 Å². The van der Waals surface area contributed by atoms with Crippen LogP contribution in [0.4, 0.5) is 33.7 Å². The SMILES string of the molecule is CCOC(=O)NNc1c(F)c(F)c([N+](=O)[O-])c(F)c1F. The van der Waals surface area contributed by atoms with Gasteiger partial charge in [0, 0.05) is 0 Å². The number of benzene rings is 1. The lowest BCUT2D eigenvalue weighted by Gasteiger charge is -2.11. The standard InChI is InChI=1S/C9H7F4N3O4/c1-2-20-9(17)15-14-7-3(10)5(12)8(16(18)19)6(13)4(7)11/h14H,2H2,1H3,(H,15,17). The maximum Gasteiger partial charge on any atom is 0.425 e. The largest absolute Gasteiger partial charge is 0.449 e. The topological polar surface area (TPSA) is 93.5 Å². The van der Waals surface area contributed by atoms with Crippen LogP contribution in [0.25, 0.3) is 0 Å². The Morgan fingerprint density at radius 2 is 1.70 bits per heavy atom. The van der Waals surface area contributed by atoms with Crippen molar-refractivity contribution in [3.8, 4) is 0 Å². The Kier molecular flexibility index (Phi) is 4.67. The molecule has 0 heterocycles. The van der Waals surface area contributed by atoms with Crippen LogP contribution in [0.2, 0.25) is 0 Å². The molecule has 0 unspecified atom stereocenters. The van der Waals surface area contributed by atoms with E-state index in [0.717, 1.165) is 0 Å². The molecule has 0 aromatic heterocycles. The van der Waals surface area contributed by atoms with E-state index in [-0.39, 0.29) is 6.61 Å². The smallest absolute Gasteiger partial charge is 0.425 e. The third kappa shape index (κ3) is 2.87. The Balaban J connectivity index is 3.16. The molecule has 0 saturated carbocycles. The van der Waals surface area contributed by atoms with Gasteiger partial charge >= 0.3 is 11.8 Å². The molecule has 0 radical (unpaired) electrons. The fourth-order valence-electron chi connectivity index (χ4n) is 1.17. The minimum absolute atomic E-state index is 0.0680. The van der Waals surface area contributed by atoms with Gasteiger partial charge in [0.15, 0.2) is 11.6 Å². The summed E-state index contributed by atoms with van der Waals surface area (Å²) in [7, 11) is 0. The zero-order valence-electron chi connectivity index (χ0n) is 9.80. The molecule has 0 aliphatic rings. The molecule has 20 heavy (non-hydrogen) atoms. The van der Waals surface area contributed by atoms with Gasteiger partial charge in [-0.25, -0.2) is 19.0 Å². The maximum absolute atomic E-state index is 13.4. The monoisotopic (exact) mass is 297 g/mol. The number of carbonyl (C=O) groups excluding carboxylic acids is 1. The Labute approximate surface area is 108 Å². The summed E-state index contributed by atoms with van der Waals surface area (Å²) in [4.78, 5) is 19.5. The van der Waals surface area contributed by atoms with Gasteiger partial charge in [0.1, 0.15) is 5.69 Å². The van der Waals surface area contributed by atoms with E-state index in [1.54, 1.807) is 5.43 Å². The van der Waals surface area contributed by atoms with Crippen LogP contribution in [-0.4, -0.2) is 17.6 Å². The second-order valence-electron chi connectivity index (χ2n) is 3.21. The highest BCUT2D eigenvalue weighted by molar-refractivity contribution is 5.69. The first kappa shape index (κ1) is 15.5. The molecule has 7 nitrogen and oxygen atoms in total. The van der Waals surface area contributed by atoms with Crippen molar-refractivity contribution in [1.82, 2.24) is 5.43 Å². The van der Waals surface area contributed by atoms with E-state index >= 15 is 0 Å². The van der Waals surface area contributed by atoms with Gasteiger partial charge in [-0.05, 0) is 6.92 Å². The summed E-state index contributed by atoms with van der Waals surface area (Å²) in [5.41, 5.74) is -0.276. The van der Waals surface area contributed by atoms with Crippen LogP contribution in [0.15, 0.2) is 0 Å². The summed E-state index contributed by atoms with van der Waals surface area (Å²) in [5.74, 6) is -8.54. The van der Waals surface area contributed by atoms with Gasteiger partial charge in [0.2, 0.25) is 11.6 Å². The number of hydrogen-bond acceptors (Lipinski definition) is 5. The highest BCUT2D eigenvalue weighted by Gasteiger charge is 2.33. The van der Waals surface area contributed by atoms with Crippen LogP contribution in [-0.2, 0) is 4.74 Å². The Bertz CT molecular complexity index is 538. The molecule has 0 spiro atoms. The Morgan fingerprint density at radius 1 is 1.20 bits per heavy atom. The summed E-state index contributed by atoms with van der Waals surface area (Å²) in [6.45, 7) is 1.37. The van der Waals surface area contributed by atoms with Gasteiger partial charge in [-0.15, -0.1) is 0 Å². The fraction of sp³-hybridized carbons (Fsp3) is 0.222. The zero-order valence-corrected chi connectivity index (χ0v) is 9.80. The maximum atomic E-state index is 13.4. The van der Waals surface area contributed by atoms with Crippen molar-refractivity contribution in [2.75, 3.05) is 12.0 Å². The molecule has 0 aliphatic heterocycles. The lowest BCUT2D eigenvalue weighted by molar-refractivity contribution is -0.390. The van der Waals surface area contributed by atoms with E-state index in [1.807, 2.05) is 0 Å². The number of nitrogens with zero attached hydrogens (tertiary/aromatic N) is 1. The van der Waals surface area contributed by atoms with E-state index in [1.165, 1.54) is 12.3 Å². The van der Waals surface area contributed by atoms with Crippen molar-refractivity contribution in [3.63, 3.8) is 0 Å². The predicted molar refractivity (Wildman–Crippen MR) is 56.7 cm³/mol. The number of halogens is 4. The average molecular weight is 297 g/mol. The van der Waals surface area contributed by atoms with Crippen LogP contribution in [0.1, 0.15) is 6.92 Å². The number of hydrazine groups is 1. The molecule has 1 aromatic carbocycles. The van der Waals surface area contributed by atoms with Gasteiger partial charge in [-0.3, -0.25) is 15.5 Å². The molecular weight excluding hydrogens is 290 g/mol. The van der Waals surface area contributed by atoms with Gasteiger partial charge < -0.3 is 4.74 Å². The van der Waals surface area contributed by atoms with E-state index in [4.69, 9.17) is 0 Å². The predicted octanol–water partition coefficient (Wildman–Crippen LogP) is 2.22. The third-order valence-corrected chi connectivity index (χ3v) is 1.99. The van der Waals surface area contributed by atoms with Crippen LogP contribution in [0.3, 0.4) is 0 Å². The van der Waals surface area contributed by atoms with E-state index < -0.39 is 45.7 Å². The van der Waals surface area contributed by atoms with Gasteiger partial charge in [0.05, 0.1) is 11.5 Å². The number of ether oxygens (including phenoxy) is 1. The summed E-state index contributed by atoms with van der Waals surface area (Å²) in [6, 6.07) is 0. The minimum atomic E-state index is -2.21. The van der Waals surface area contributed by atoms with E-state index in [2.05, 4.69) is 4.74 Å². The molecule has 0 bridgehead atoms. The molecule has 0 atom stereocenters. The van der Waals surface area contributed by atoms with Crippen LogP contribution in [0.5, 0.6) is 0 Å². The fourth-order valence-corrected chi connectivity index (χ4v) is 1.17. The highest BCUT2D eigenvalue weighted by Crippen LogP contribution is 2.32. The first-order chi connectivity index (χ1) is 9.31. The average Bonchev–Trinajstić information content (AvgIpc) is 2.36. The summed E-state index contributed by atoms with van der Waals surface area (Å²) >= 11 is 0. The minimum Gasteiger partial charge on any atom is -0.449 e. The number of carbonyl (C=O) groups is 1. The molecule has 1 aromatic rings. The summed E-state index contributed by atoms with van der Waals surface area (Å²) in [6.07, 6.45) is -1.18. The molecule has 1 rings (SSSR count). The number of amides is 1. The Hall–Kier alpha value is -2.59. The van der Waals surface area contributed by atoms with Gasteiger partial charge in [0.25, 0.3) is 0 Å². The first-order valence-electron chi connectivity index (χ1n) is 5.00. The first-order valence-corrected chi connectivity index (χ1v) is 5.00.